The Kier molecular flexibility index (Phi) is 2.24. The Hall–Kier alpha value is -1.72. The molecule has 0 aliphatic carbocycles. The highest BCUT2D eigenvalue weighted by atomic mass is 15.6. The van der Waals surface area contributed by atoms with Gasteiger partial charge in [-0.1, -0.05) is 0 Å². The molecule has 3 heterocycles. The van der Waals surface area contributed by atoms with E-state index in [1.807, 2.05) is 23.3 Å². The number of nitrogens with zero attached hydrogens (tertiary/aromatic N) is 5. The normalized spacial score (nSPS) is 16.9. The average molecular weight is 234 g/mol. The third-order valence-electron chi connectivity index (χ3n) is 3.42. The van der Waals surface area contributed by atoms with E-state index in [0.717, 1.165) is 29.9 Å². The van der Waals surface area contributed by atoms with Gasteiger partial charge in [0.15, 0.2) is 5.65 Å². The Morgan fingerprint density at radius 3 is 2.59 bits per heavy atom. The summed E-state index contributed by atoms with van der Waals surface area (Å²) in [4.78, 5) is 4.42. The molecule has 1 saturated heterocycles. The molecule has 2 aromatic heterocycles. The van der Waals surface area contributed by atoms with Gasteiger partial charge in [0, 0.05) is 20.1 Å². The summed E-state index contributed by atoms with van der Waals surface area (Å²) in [5, 5.41) is 6.67. The van der Waals surface area contributed by atoms with Crippen molar-refractivity contribution in [3.63, 3.8) is 0 Å². The molecular formula is C11H18N6. The van der Waals surface area contributed by atoms with Crippen molar-refractivity contribution in [2.24, 2.45) is 7.05 Å². The lowest BCUT2D eigenvalue weighted by atomic mass is 10.2. The predicted molar refractivity (Wildman–Crippen MR) is 67.5 cm³/mol. The first-order valence-electron chi connectivity index (χ1n) is 6.11. The monoisotopic (exact) mass is 234 g/mol. The van der Waals surface area contributed by atoms with Crippen molar-refractivity contribution in [2.75, 3.05) is 23.8 Å². The molecule has 1 fully saturated rings. The van der Waals surface area contributed by atoms with Crippen LogP contribution in [0.1, 0.15) is 25.0 Å². The van der Waals surface area contributed by atoms with E-state index in [1.165, 1.54) is 19.3 Å². The summed E-state index contributed by atoms with van der Waals surface area (Å²) >= 11 is 0. The molecule has 0 spiro atoms. The fourth-order valence-electron chi connectivity index (χ4n) is 2.63. The summed E-state index contributed by atoms with van der Waals surface area (Å²) in [5.41, 5.74) is 8.88. The van der Waals surface area contributed by atoms with Crippen LogP contribution in [0.4, 0.5) is 5.95 Å². The van der Waals surface area contributed by atoms with E-state index in [1.54, 1.807) is 0 Å². The zero-order chi connectivity index (χ0) is 12.0. The van der Waals surface area contributed by atoms with Gasteiger partial charge in [-0.3, -0.25) is 0 Å². The molecule has 0 aromatic carbocycles. The third-order valence-corrected chi connectivity index (χ3v) is 3.42. The first kappa shape index (κ1) is 10.4. The van der Waals surface area contributed by atoms with Crippen LogP contribution in [0.2, 0.25) is 0 Å². The van der Waals surface area contributed by atoms with Gasteiger partial charge in [0.05, 0.1) is 5.69 Å². The van der Waals surface area contributed by atoms with Crippen molar-refractivity contribution in [3.8, 4) is 0 Å². The van der Waals surface area contributed by atoms with E-state index >= 15 is 0 Å². The van der Waals surface area contributed by atoms with Crippen molar-refractivity contribution >= 4 is 17.1 Å². The van der Waals surface area contributed by atoms with Crippen LogP contribution < -0.4 is 10.7 Å². The van der Waals surface area contributed by atoms with E-state index < -0.39 is 0 Å². The van der Waals surface area contributed by atoms with Crippen LogP contribution in [0, 0.1) is 6.92 Å². The number of aromatic nitrogens is 4. The van der Waals surface area contributed by atoms with Crippen LogP contribution in [0.15, 0.2) is 0 Å². The Morgan fingerprint density at radius 1 is 1.18 bits per heavy atom. The molecule has 2 N–H and O–H groups in total. The van der Waals surface area contributed by atoms with Crippen molar-refractivity contribution in [1.29, 1.82) is 0 Å². The second-order valence-corrected chi connectivity index (χ2v) is 4.68. The summed E-state index contributed by atoms with van der Waals surface area (Å²) in [5.74, 6) is 0.568. The lowest BCUT2D eigenvalue weighted by molar-refractivity contribution is 0.484. The molecule has 92 valence electrons. The van der Waals surface area contributed by atoms with E-state index in [9.17, 15) is 0 Å². The van der Waals surface area contributed by atoms with Crippen LogP contribution in [0.25, 0.3) is 11.2 Å². The Balaban J connectivity index is 2.16. The highest BCUT2D eigenvalue weighted by Crippen LogP contribution is 2.22. The topological polar surface area (TPSA) is 64.9 Å². The maximum Gasteiger partial charge on any atom is 0.222 e. The summed E-state index contributed by atoms with van der Waals surface area (Å²) in [6.45, 7) is 4.05. The molecule has 1 aliphatic heterocycles. The standard InChI is InChI=1S/C11H18N6/c1-8-9-10(15(2)14-8)17(11(12)13-9)16-6-4-3-5-7-16/h3-7H2,1-2H3,(H2,12,13). The fraction of sp³-hybridized carbons (Fsp3) is 0.636. The lowest BCUT2D eigenvalue weighted by Gasteiger charge is -2.30. The molecular weight excluding hydrogens is 216 g/mol. The first-order chi connectivity index (χ1) is 8.18. The summed E-state index contributed by atoms with van der Waals surface area (Å²) < 4.78 is 3.89. The second-order valence-electron chi connectivity index (χ2n) is 4.68. The Morgan fingerprint density at radius 2 is 1.88 bits per heavy atom. The van der Waals surface area contributed by atoms with Crippen LogP contribution in [0.5, 0.6) is 0 Å². The van der Waals surface area contributed by atoms with E-state index in [2.05, 4.69) is 15.1 Å². The number of hydrogen-bond acceptors (Lipinski definition) is 4. The Bertz CT molecular complexity index is 546. The van der Waals surface area contributed by atoms with Gasteiger partial charge in [-0.05, 0) is 26.2 Å². The summed E-state index contributed by atoms with van der Waals surface area (Å²) in [6.07, 6.45) is 3.74. The number of aryl methyl sites for hydroxylation is 2. The Labute approximate surface area is 100.0 Å². The van der Waals surface area contributed by atoms with Gasteiger partial charge >= 0.3 is 0 Å². The molecule has 6 nitrogen and oxygen atoms in total. The van der Waals surface area contributed by atoms with Gasteiger partial charge in [0.2, 0.25) is 5.95 Å². The molecule has 0 bridgehead atoms. The number of rotatable bonds is 1. The van der Waals surface area contributed by atoms with Crippen LogP contribution in [0.3, 0.4) is 0 Å². The number of nitrogen functional groups attached to an aromatic ring is 1. The van der Waals surface area contributed by atoms with Gasteiger partial charge in [-0.25, -0.2) is 14.3 Å². The van der Waals surface area contributed by atoms with Crippen molar-refractivity contribution < 1.29 is 0 Å². The SMILES string of the molecule is Cc1nn(C)c2c1nc(N)n2N1CCCCC1. The van der Waals surface area contributed by atoms with E-state index in [0.29, 0.717) is 5.95 Å². The zero-order valence-corrected chi connectivity index (χ0v) is 10.3. The molecule has 0 unspecified atom stereocenters. The molecule has 0 atom stereocenters. The number of imidazole rings is 1. The van der Waals surface area contributed by atoms with Gasteiger partial charge in [-0.2, -0.15) is 5.10 Å². The van der Waals surface area contributed by atoms with Gasteiger partial charge in [-0.15, -0.1) is 0 Å². The van der Waals surface area contributed by atoms with Crippen LogP contribution in [-0.2, 0) is 7.05 Å². The van der Waals surface area contributed by atoms with Crippen LogP contribution in [-0.4, -0.2) is 32.5 Å². The van der Waals surface area contributed by atoms with Gasteiger partial charge < -0.3 is 10.7 Å². The minimum Gasteiger partial charge on any atom is -0.368 e. The minimum atomic E-state index is 0.568. The minimum absolute atomic E-state index is 0.568. The smallest absolute Gasteiger partial charge is 0.222 e. The largest absolute Gasteiger partial charge is 0.368 e. The van der Waals surface area contributed by atoms with Crippen molar-refractivity contribution in [1.82, 2.24) is 19.4 Å². The quantitative estimate of drug-likeness (QED) is 0.792. The number of fused-ring (bicyclic) bond motifs is 1. The molecule has 3 rings (SSSR count). The number of hydrogen-bond donors (Lipinski definition) is 1. The number of nitrogens with two attached hydrogens (primary N) is 1. The molecule has 1 aliphatic rings. The molecule has 0 radical (unpaired) electrons. The summed E-state index contributed by atoms with van der Waals surface area (Å²) in [6, 6.07) is 0. The van der Waals surface area contributed by atoms with E-state index in [-0.39, 0.29) is 0 Å². The molecule has 2 aromatic rings. The van der Waals surface area contributed by atoms with Gasteiger partial charge in [0.1, 0.15) is 5.52 Å². The van der Waals surface area contributed by atoms with Crippen molar-refractivity contribution in [2.45, 2.75) is 26.2 Å². The maximum absolute atomic E-state index is 6.04. The zero-order valence-electron chi connectivity index (χ0n) is 10.3. The molecule has 0 saturated carbocycles. The number of piperidine rings is 1. The maximum atomic E-state index is 6.04. The van der Waals surface area contributed by atoms with Crippen LogP contribution >= 0.6 is 0 Å². The highest BCUT2D eigenvalue weighted by Gasteiger charge is 2.21. The molecule has 17 heavy (non-hydrogen) atoms. The lowest BCUT2D eigenvalue weighted by Crippen LogP contribution is -2.40. The molecule has 6 heteroatoms. The first-order valence-corrected chi connectivity index (χ1v) is 6.11. The van der Waals surface area contributed by atoms with Gasteiger partial charge in [0.25, 0.3) is 0 Å². The van der Waals surface area contributed by atoms with E-state index in [4.69, 9.17) is 5.73 Å². The highest BCUT2D eigenvalue weighted by molar-refractivity contribution is 5.77. The third kappa shape index (κ3) is 1.47. The number of anilines is 1. The van der Waals surface area contributed by atoms with Crippen molar-refractivity contribution in [3.05, 3.63) is 5.69 Å². The predicted octanol–water partition coefficient (Wildman–Crippen LogP) is 0.782. The fourth-order valence-corrected chi connectivity index (χ4v) is 2.63. The second kappa shape index (κ2) is 3.65. The average Bonchev–Trinajstić information content (AvgIpc) is 2.79. The summed E-state index contributed by atoms with van der Waals surface area (Å²) in [7, 11) is 1.94. The molecule has 0 amide bonds.